The highest BCUT2D eigenvalue weighted by Crippen LogP contribution is 2.26. The lowest BCUT2D eigenvalue weighted by Gasteiger charge is -2.27. The number of carboxylic acids is 1. The van der Waals surface area contributed by atoms with E-state index in [-0.39, 0.29) is 12.0 Å². The molecule has 112 valence electrons. The van der Waals surface area contributed by atoms with Gasteiger partial charge in [-0.05, 0) is 37.8 Å². The van der Waals surface area contributed by atoms with Crippen molar-refractivity contribution < 1.29 is 9.90 Å². The van der Waals surface area contributed by atoms with Crippen LogP contribution in [0.4, 0.5) is 5.82 Å². The van der Waals surface area contributed by atoms with E-state index in [1.807, 2.05) is 19.1 Å². The van der Waals surface area contributed by atoms with E-state index in [1.54, 1.807) is 4.52 Å². The van der Waals surface area contributed by atoms with Gasteiger partial charge in [0.2, 0.25) is 0 Å². The molecule has 2 heterocycles. The van der Waals surface area contributed by atoms with Crippen LogP contribution in [0.1, 0.15) is 38.4 Å². The minimum atomic E-state index is -0.676. The maximum absolute atomic E-state index is 11.0. The number of aliphatic carboxylic acids is 1. The molecule has 21 heavy (non-hydrogen) atoms. The van der Waals surface area contributed by atoms with E-state index >= 15 is 0 Å². The Hall–Kier alpha value is -2.18. The van der Waals surface area contributed by atoms with Crippen LogP contribution in [0.3, 0.4) is 0 Å². The summed E-state index contributed by atoms with van der Waals surface area (Å²) in [5, 5.41) is 25.1. The van der Waals surface area contributed by atoms with Crippen LogP contribution in [-0.2, 0) is 11.2 Å². The molecule has 2 aromatic heterocycles. The second kappa shape index (κ2) is 5.67. The first-order valence-corrected chi connectivity index (χ1v) is 7.38. The molecule has 2 N–H and O–H groups in total. The lowest BCUT2D eigenvalue weighted by Crippen LogP contribution is -2.29. The number of hydrogen-bond donors (Lipinski definition) is 2. The molecule has 0 saturated heterocycles. The van der Waals surface area contributed by atoms with E-state index in [9.17, 15) is 4.79 Å². The number of carboxylic acid groups (broad SMARTS) is 1. The Kier molecular flexibility index (Phi) is 3.72. The summed E-state index contributed by atoms with van der Waals surface area (Å²) in [5.41, 5.74) is 0.743. The van der Waals surface area contributed by atoms with Crippen molar-refractivity contribution in [2.24, 2.45) is 5.92 Å². The van der Waals surface area contributed by atoms with Crippen molar-refractivity contribution in [2.45, 2.75) is 45.1 Å². The van der Waals surface area contributed by atoms with Crippen LogP contribution in [0, 0.1) is 5.92 Å². The van der Waals surface area contributed by atoms with Crippen molar-refractivity contribution in [3.8, 4) is 0 Å². The van der Waals surface area contributed by atoms with Crippen LogP contribution in [0.2, 0.25) is 0 Å². The van der Waals surface area contributed by atoms with Crippen LogP contribution in [0.25, 0.3) is 5.65 Å². The van der Waals surface area contributed by atoms with Gasteiger partial charge in [0.25, 0.3) is 0 Å². The van der Waals surface area contributed by atoms with Crippen molar-refractivity contribution in [1.82, 2.24) is 19.8 Å². The molecule has 0 aromatic carbocycles. The number of aryl methyl sites for hydroxylation is 1. The third kappa shape index (κ3) is 2.81. The van der Waals surface area contributed by atoms with E-state index in [2.05, 4.69) is 20.6 Å². The predicted octanol–water partition coefficient (Wildman–Crippen LogP) is 1.74. The fourth-order valence-corrected chi connectivity index (χ4v) is 2.82. The number of fused-ring (bicyclic) bond motifs is 1. The monoisotopic (exact) mass is 289 g/mol. The van der Waals surface area contributed by atoms with E-state index in [4.69, 9.17) is 5.11 Å². The molecule has 3 rings (SSSR count). The van der Waals surface area contributed by atoms with Gasteiger partial charge in [0.05, 0.1) is 5.92 Å². The van der Waals surface area contributed by atoms with Crippen molar-refractivity contribution in [3.05, 3.63) is 18.0 Å². The summed E-state index contributed by atoms with van der Waals surface area (Å²) in [6.07, 6.45) is 3.95. The van der Waals surface area contributed by atoms with Crippen molar-refractivity contribution in [2.75, 3.05) is 5.32 Å². The molecule has 0 atom stereocenters. The number of anilines is 1. The fraction of sp³-hybridized carbons (Fsp3) is 0.571. The Labute approximate surface area is 122 Å². The number of aromatic nitrogens is 4. The Morgan fingerprint density at radius 2 is 2.10 bits per heavy atom. The third-order valence-electron chi connectivity index (χ3n) is 4.07. The SMILES string of the molecule is CCc1nnc2ccc(NC3CCC(C(=O)O)CC3)nn12. The summed E-state index contributed by atoms with van der Waals surface area (Å²) in [4.78, 5) is 11.0. The van der Waals surface area contributed by atoms with Gasteiger partial charge in [0.1, 0.15) is 5.82 Å². The summed E-state index contributed by atoms with van der Waals surface area (Å²) < 4.78 is 1.76. The highest BCUT2D eigenvalue weighted by atomic mass is 16.4. The van der Waals surface area contributed by atoms with Crippen LogP contribution < -0.4 is 5.32 Å². The zero-order chi connectivity index (χ0) is 14.8. The molecule has 1 aliphatic carbocycles. The average Bonchev–Trinajstić information content (AvgIpc) is 2.90. The second-order valence-electron chi connectivity index (χ2n) is 5.49. The smallest absolute Gasteiger partial charge is 0.306 e. The highest BCUT2D eigenvalue weighted by Gasteiger charge is 2.26. The van der Waals surface area contributed by atoms with Gasteiger partial charge in [0, 0.05) is 12.5 Å². The topological polar surface area (TPSA) is 92.4 Å². The normalized spacial score (nSPS) is 22.3. The first-order chi connectivity index (χ1) is 10.2. The number of hydrogen-bond acceptors (Lipinski definition) is 5. The number of nitrogens with one attached hydrogen (secondary N) is 1. The van der Waals surface area contributed by atoms with Crippen LogP contribution >= 0.6 is 0 Å². The van der Waals surface area contributed by atoms with Gasteiger partial charge in [-0.2, -0.15) is 4.52 Å². The van der Waals surface area contributed by atoms with Gasteiger partial charge < -0.3 is 10.4 Å². The van der Waals surface area contributed by atoms with E-state index < -0.39 is 5.97 Å². The average molecular weight is 289 g/mol. The Balaban J connectivity index is 1.69. The molecule has 0 bridgehead atoms. The molecule has 0 aliphatic heterocycles. The molecule has 0 spiro atoms. The number of carbonyl (C=O) groups is 1. The lowest BCUT2D eigenvalue weighted by atomic mass is 9.86. The van der Waals surface area contributed by atoms with E-state index in [0.717, 1.165) is 49.4 Å². The molecule has 1 fully saturated rings. The minimum Gasteiger partial charge on any atom is -0.481 e. The Morgan fingerprint density at radius 1 is 1.33 bits per heavy atom. The maximum Gasteiger partial charge on any atom is 0.306 e. The van der Waals surface area contributed by atoms with Gasteiger partial charge in [0.15, 0.2) is 11.5 Å². The lowest BCUT2D eigenvalue weighted by molar-refractivity contribution is -0.142. The Morgan fingerprint density at radius 3 is 2.76 bits per heavy atom. The third-order valence-corrected chi connectivity index (χ3v) is 4.07. The van der Waals surface area contributed by atoms with Gasteiger partial charge in [-0.3, -0.25) is 4.79 Å². The molecule has 7 heteroatoms. The van der Waals surface area contributed by atoms with Gasteiger partial charge in [-0.25, -0.2) is 0 Å². The van der Waals surface area contributed by atoms with Crippen molar-refractivity contribution in [3.63, 3.8) is 0 Å². The van der Waals surface area contributed by atoms with Crippen LogP contribution in [-0.4, -0.2) is 36.9 Å². The summed E-state index contributed by atoms with van der Waals surface area (Å²) in [6, 6.07) is 4.07. The summed E-state index contributed by atoms with van der Waals surface area (Å²) in [6.45, 7) is 2.02. The molecule has 7 nitrogen and oxygen atoms in total. The van der Waals surface area contributed by atoms with Crippen LogP contribution in [0.5, 0.6) is 0 Å². The Bertz CT molecular complexity index is 646. The first kappa shape index (κ1) is 13.8. The van der Waals surface area contributed by atoms with Crippen LogP contribution in [0.15, 0.2) is 12.1 Å². The molecule has 1 saturated carbocycles. The van der Waals surface area contributed by atoms with Crippen molar-refractivity contribution >= 4 is 17.4 Å². The van der Waals surface area contributed by atoms with Gasteiger partial charge in [-0.15, -0.1) is 15.3 Å². The minimum absolute atomic E-state index is 0.192. The molecular weight excluding hydrogens is 270 g/mol. The standard InChI is InChI=1S/C14H19N5O2/c1-2-12-16-17-13-8-7-11(18-19(12)13)15-10-5-3-9(4-6-10)14(20)21/h7-10H,2-6H2,1H3,(H,15,18)(H,20,21). The highest BCUT2D eigenvalue weighted by molar-refractivity contribution is 5.70. The fourth-order valence-electron chi connectivity index (χ4n) is 2.82. The quantitative estimate of drug-likeness (QED) is 0.890. The van der Waals surface area contributed by atoms with Gasteiger partial charge >= 0.3 is 5.97 Å². The summed E-state index contributed by atoms with van der Waals surface area (Å²) in [5.74, 6) is 0.757. The number of rotatable bonds is 4. The zero-order valence-electron chi connectivity index (χ0n) is 12.0. The van der Waals surface area contributed by atoms with E-state index in [0.29, 0.717) is 0 Å². The molecular formula is C14H19N5O2. The molecule has 1 aliphatic rings. The second-order valence-corrected chi connectivity index (χ2v) is 5.49. The molecule has 0 radical (unpaired) electrons. The van der Waals surface area contributed by atoms with Crippen molar-refractivity contribution in [1.29, 1.82) is 0 Å². The first-order valence-electron chi connectivity index (χ1n) is 7.38. The summed E-state index contributed by atoms with van der Waals surface area (Å²) in [7, 11) is 0. The van der Waals surface area contributed by atoms with E-state index in [1.165, 1.54) is 0 Å². The molecule has 0 unspecified atom stereocenters. The molecule has 0 amide bonds. The van der Waals surface area contributed by atoms with Gasteiger partial charge in [-0.1, -0.05) is 6.92 Å². The largest absolute Gasteiger partial charge is 0.481 e. The maximum atomic E-state index is 11.0. The number of nitrogens with zero attached hydrogens (tertiary/aromatic N) is 4. The molecule has 2 aromatic rings. The predicted molar refractivity (Wildman–Crippen MR) is 77.2 cm³/mol. The zero-order valence-corrected chi connectivity index (χ0v) is 12.0. The summed E-state index contributed by atoms with van der Waals surface area (Å²) >= 11 is 0.